The van der Waals surface area contributed by atoms with E-state index in [0.717, 1.165) is 11.6 Å². The van der Waals surface area contributed by atoms with Gasteiger partial charge in [0.05, 0.1) is 40.0 Å². The van der Waals surface area contributed by atoms with Crippen molar-refractivity contribution in [2.24, 2.45) is 0 Å². The van der Waals surface area contributed by atoms with Crippen molar-refractivity contribution in [3.63, 3.8) is 0 Å². The van der Waals surface area contributed by atoms with Gasteiger partial charge in [-0.05, 0) is 55.8 Å². The van der Waals surface area contributed by atoms with E-state index >= 15 is 0 Å². The van der Waals surface area contributed by atoms with Crippen molar-refractivity contribution in [1.82, 2.24) is 4.40 Å². The summed E-state index contributed by atoms with van der Waals surface area (Å²) in [4.78, 5) is 26.0. The monoisotopic (exact) mass is 493 g/mol. The molecule has 0 fully saturated rings. The van der Waals surface area contributed by atoms with E-state index in [0.29, 0.717) is 23.0 Å². The quantitative estimate of drug-likeness (QED) is 0.178. The maximum Gasteiger partial charge on any atom is 0.416 e. The van der Waals surface area contributed by atoms with Gasteiger partial charge in [0.25, 0.3) is 0 Å². The Morgan fingerprint density at radius 2 is 1.46 bits per heavy atom. The number of carbonyl (C=O) groups is 2. The normalized spacial score (nSPS) is 12.3. The first-order valence-electron chi connectivity index (χ1n) is 10.4. The van der Waals surface area contributed by atoms with Gasteiger partial charge < -0.3 is 9.14 Å². The van der Waals surface area contributed by atoms with Gasteiger partial charge in [0.2, 0.25) is 5.78 Å². The molecule has 4 nitrogen and oxygen atoms in total. The van der Waals surface area contributed by atoms with Crippen LogP contribution in [0.4, 0.5) is 26.3 Å². The lowest BCUT2D eigenvalue weighted by Crippen LogP contribution is -2.14. The molecule has 0 saturated heterocycles. The molecular formula is C25H17F6NO3. The minimum atomic E-state index is -5.11. The highest BCUT2D eigenvalue weighted by Gasteiger charge is 2.38. The summed E-state index contributed by atoms with van der Waals surface area (Å²) in [6.45, 7) is 3.37. The maximum atomic E-state index is 13.4. The van der Waals surface area contributed by atoms with Crippen molar-refractivity contribution in [3.05, 3.63) is 88.1 Å². The molecule has 4 aromatic rings. The summed E-state index contributed by atoms with van der Waals surface area (Å²) in [5.41, 5.74) is -2.90. The van der Waals surface area contributed by atoms with Crippen LogP contribution in [0.1, 0.15) is 50.0 Å². The molecule has 4 rings (SSSR count). The summed E-state index contributed by atoms with van der Waals surface area (Å²) < 4.78 is 86.5. The second-order valence-corrected chi connectivity index (χ2v) is 7.85. The molecule has 0 atom stereocenters. The van der Waals surface area contributed by atoms with Crippen LogP contribution in [0.3, 0.4) is 0 Å². The van der Waals surface area contributed by atoms with Crippen molar-refractivity contribution in [2.75, 3.05) is 6.61 Å². The summed E-state index contributed by atoms with van der Waals surface area (Å²) in [5, 5.41) is 0.681. The third kappa shape index (κ3) is 4.36. The van der Waals surface area contributed by atoms with Gasteiger partial charge in [0.1, 0.15) is 0 Å². The standard InChI is InChI=1S/C25H17F6NO3/c1-3-35-23(34)18-12-21(32-19-7-5-4-6-17(19)13(2)8-20(18)32)22(33)14-9-15(24(26,27)28)11-16(10-14)25(29,30)31/h4-12H,3H2,1-2H3. The van der Waals surface area contributed by atoms with Crippen molar-refractivity contribution in [3.8, 4) is 0 Å². The largest absolute Gasteiger partial charge is 0.462 e. The highest BCUT2D eigenvalue weighted by Crippen LogP contribution is 2.37. The van der Waals surface area contributed by atoms with Crippen LogP contribution in [0.5, 0.6) is 0 Å². The summed E-state index contributed by atoms with van der Waals surface area (Å²) in [6, 6.07) is 10.2. The van der Waals surface area contributed by atoms with Gasteiger partial charge >= 0.3 is 18.3 Å². The van der Waals surface area contributed by atoms with Crippen LogP contribution in [0, 0.1) is 6.92 Å². The topological polar surface area (TPSA) is 47.8 Å². The molecular weight excluding hydrogens is 476 g/mol. The Balaban J connectivity index is 2.04. The smallest absolute Gasteiger partial charge is 0.416 e. The number of aryl methyl sites for hydroxylation is 1. The average Bonchev–Trinajstić information content (AvgIpc) is 3.17. The minimum Gasteiger partial charge on any atom is -0.462 e. The van der Waals surface area contributed by atoms with Crippen LogP contribution in [-0.4, -0.2) is 22.8 Å². The first-order valence-corrected chi connectivity index (χ1v) is 10.4. The number of nitrogens with zero attached hydrogens (tertiary/aromatic N) is 1. The molecule has 0 aliphatic rings. The number of alkyl halides is 6. The lowest BCUT2D eigenvalue weighted by molar-refractivity contribution is -0.143. The van der Waals surface area contributed by atoms with Crippen LogP contribution >= 0.6 is 0 Å². The zero-order chi connectivity index (χ0) is 25.7. The van der Waals surface area contributed by atoms with Gasteiger partial charge in [0.15, 0.2) is 0 Å². The molecule has 0 bridgehead atoms. The number of para-hydroxylation sites is 1. The fourth-order valence-electron chi connectivity index (χ4n) is 3.99. The second kappa shape index (κ2) is 8.44. The van der Waals surface area contributed by atoms with Crippen LogP contribution < -0.4 is 0 Å². The third-order valence-electron chi connectivity index (χ3n) is 5.54. The molecule has 0 unspecified atom stereocenters. The van der Waals surface area contributed by atoms with E-state index < -0.39 is 40.8 Å². The molecule has 0 spiro atoms. The molecule has 0 amide bonds. The molecule has 182 valence electrons. The molecule has 0 N–H and O–H groups in total. The summed E-state index contributed by atoms with van der Waals surface area (Å²) in [5.74, 6) is -1.89. The average molecular weight is 493 g/mol. The van der Waals surface area contributed by atoms with Crippen LogP contribution in [-0.2, 0) is 17.1 Å². The lowest BCUT2D eigenvalue weighted by Gasteiger charge is -2.14. The number of fused-ring (bicyclic) bond motifs is 3. The number of hydrogen-bond acceptors (Lipinski definition) is 3. The van der Waals surface area contributed by atoms with E-state index in [2.05, 4.69) is 0 Å². The second-order valence-electron chi connectivity index (χ2n) is 7.85. The Morgan fingerprint density at radius 1 is 0.857 bits per heavy atom. The summed E-state index contributed by atoms with van der Waals surface area (Å²) in [6.07, 6.45) is -10.2. The van der Waals surface area contributed by atoms with Gasteiger partial charge in [-0.1, -0.05) is 18.2 Å². The van der Waals surface area contributed by atoms with Crippen molar-refractivity contribution >= 4 is 28.2 Å². The Bertz CT molecular complexity index is 1450. The zero-order valence-corrected chi connectivity index (χ0v) is 18.3. The fraction of sp³-hybridized carbons (Fsp3) is 0.200. The van der Waals surface area contributed by atoms with Crippen molar-refractivity contribution < 1.29 is 40.7 Å². The highest BCUT2D eigenvalue weighted by molar-refractivity contribution is 6.13. The van der Waals surface area contributed by atoms with E-state index in [1.54, 1.807) is 44.2 Å². The van der Waals surface area contributed by atoms with E-state index in [-0.39, 0.29) is 29.4 Å². The number of hydrogen-bond donors (Lipinski definition) is 0. The maximum absolute atomic E-state index is 13.4. The Kier molecular flexibility index (Phi) is 5.86. The fourth-order valence-corrected chi connectivity index (χ4v) is 3.99. The number of pyridine rings is 1. The summed E-state index contributed by atoms with van der Waals surface area (Å²) >= 11 is 0. The van der Waals surface area contributed by atoms with Gasteiger partial charge in [0, 0.05) is 10.9 Å². The lowest BCUT2D eigenvalue weighted by atomic mass is 10.00. The van der Waals surface area contributed by atoms with Crippen molar-refractivity contribution in [1.29, 1.82) is 0 Å². The van der Waals surface area contributed by atoms with E-state index in [1.165, 1.54) is 4.40 Å². The molecule has 2 heterocycles. The Morgan fingerprint density at radius 3 is 2.03 bits per heavy atom. The number of ether oxygens (including phenoxy) is 1. The van der Waals surface area contributed by atoms with Crippen LogP contribution in [0.15, 0.2) is 54.6 Å². The molecule has 2 aromatic heterocycles. The molecule has 0 aliphatic carbocycles. The summed E-state index contributed by atoms with van der Waals surface area (Å²) in [7, 11) is 0. The third-order valence-corrected chi connectivity index (χ3v) is 5.54. The van der Waals surface area contributed by atoms with Crippen LogP contribution in [0.25, 0.3) is 16.4 Å². The number of ketones is 1. The molecule has 0 saturated carbocycles. The van der Waals surface area contributed by atoms with Gasteiger partial charge in [-0.25, -0.2) is 4.79 Å². The zero-order valence-electron chi connectivity index (χ0n) is 18.3. The Hall–Kier alpha value is -3.82. The Labute approximate surface area is 194 Å². The van der Waals surface area contributed by atoms with Crippen LogP contribution in [0.2, 0.25) is 0 Å². The molecule has 2 aromatic carbocycles. The molecule has 0 aliphatic heterocycles. The predicted octanol–water partition coefficient (Wildman–Crippen LogP) is 6.85. The number of aromatic nitrogens is 1. The van der Waals surface area contributed by atoms with Crippen molar-refractivity contribution in [2.45, 2.75) is 26.2 Å². The van der Waals surface area contributed by atoms with E-state index in [4.69, 9.17) is 4.74 Å². The number of rotatable bonds is 4. The number of benzene rings is 2. The van der Waals surface area contributed by atoms with E-state index in [1.807, 2.05) is 0 Å². The van der Waals surface area contributed by atoms with E-state index in [9.17, 15) is 35.9 Å². The SMILES string of the molecule is CCOC(=O)c1cc(C(=O)c2cc(C(F)(F)F)cc(C(F)(F)F)c2)n2c1cc(C)c1ccccc12. The minimum absolute atomic E-state index is 0.0224. The molecule has 0 radical (unpaired) electrons. The van der Waals surface area contributed by atoms with Gasteiger partial charge in [-0.15, -0.1) is 0 Å². The number of carbonyl (C=O) groups excluding carboxylic acids is 2. The molecule has 35 heavy (non-hydrogen) atoms. The van der Waals surface area contributed by atoms with Gasteiger partial charge in [-0.2, -0.15) is 26.3 Å². The number of esters is 1. The first kappa shape index (κ1) is 24.3. The highest BCUT2D eigenvalue weighted by atomic mass is 19.4. The first-order chi connectivity index (χ1) is 16.3. The predicted molar refractivity (Wildman–Crippen MR) is 115 cm³/mol. The molecule has 10 heteroatoms. The van der Waals surface area contributed by atoms with Gasteiger partial charge in [-0.3, -0.25) is 4.79 Å². The number of halogens is 6.